The van der Waals surface area contributed by atoms with Crippen LogP contribution >= 0.6 is 15.9 Å². The van der Waals surface area contributed by atoms with Gasteiger partial charge in [0.2, 0.25) is 0 Å². The van der Waals surface area contributed by atoms with Gasteiger partial charge in [-0.3, -0.25) is 9.59 Å². The number of hydrogen-bond donors (Lipinski definition) is 2. The summed E-state index contributed by atoms with van der Waals surface area (Å²) in [6.45, 7) is 0.686. The largest absolute Gasteiger partial charge is 0.481 e. The van der Waals surface area contributed by atoms with Crippen molar-refractivity contribution in [3.63, 3.8) is 0 Å². The molecule has 1 fully saturated rings. The molecule has 0 saturated carbocycles. The molecule has 0 bridgehead atoms. The van der Waals surface area contributed by atoms with Crippen LogP contribution in [0.25, 0.3) is 0 Å². The molecule has 1 aromatic rings. The molecule has 0 spiro atoms. The lowest BCUT2D eigenvalue weighted by Crippen LogP contribution is -2.44. The van der Waals surface area contributed by atoms with Crippen molar-refractivity contribution in [1.29, 1.82) is 0 Å². The first-order chi connectivity index (χ1) is 9.99. The zero-order valence-corrected chi connectivity index (χ0v) is 13.3. The minimum absolute atomic E-state index is 0.0127. The highest BCUT2D eigenvalue weighted by Gasteiger charge is 2.27. The lowest BCUT2D eigenvalue weighted by molar-refractivity contribution is -0.137. The summed E-state index contributed by atoms with van der Waals surface area (Å²) in [6, 6.07) is 5.15. The lowest BCUT2D eigenvalue weighted by atomic mass is 9.97. The molecule has 3 N–H and O–H groups in total. The van der Waals surface area contributed by atoms with Crippen molar-refractivity contribution in [2.24, 2.45) is 0 Å². The molecular formula is C15H19BrN2O3. The smallest absolute Gasteiger partial charge is 0.303 e. The molecule has 1 amide bonds. The van der Waals surface area contributed by atoms with E-state index in [0.717, 1.165) is 19.3 Å². The van der Waals surface area contributed by atoms with Crippen LogP contribution in [0.2, 0.25) is 0 Å². The highest BCUT2D eigenvalue weighted by Crippen LogP contribution is 2.26. The van der Waals surface area contributed by atoms with Crippen LogP contribution in [0.3, 0.4) is 0 Å². The standard InChI is InChI=1S/C15H19BrN2O3/c16-12-9-10(4-6-13(12)17)15(21)18-8-2-1-3-11(18)5-7-14(19)20/h4,6,9,11H,1-3,5,7-8,17H2,(H,19,20). The number of amides is 1. The van der Waals surface area contributed by atoms with Crippen molar-refractivity contribution in [1.82, 2.24) is 4.90 Å². The van der Waals surface area contributed by atoms with Crippen molar-refractivity contribution in [3.8, 4) is 0 Å². The van der Waals surface area contributed by atoms with Gasteiger partial charge in [-0.1, -0.05) is 0 Å². The highest BCUT2D eigenvalue weighted by molar-refractivity contribution is 9.10. The van der Waals surface area contributed by atoms with Crippen molar-refractivity contribution in [2.45, 2.75) is 38.1 Å². The normalized spacial score (nSPS) is 18.5. The molecule has 6 heteroatoms. The molecule has 21 heavy (non-hydrogen) atoms. The first-order valence-electron chi connectivity index (χ1n) is 7.07. The van der Waals surface area contributed by atoms with E-state index < -0.39 is 5.97 Å². The summed E-state index contributed by atoms with van der Waals surface area (Å²) in [5.74, 6) is -0.867. The number of likely N-dealkylation sites (tertiary alicyclic amines) is 1. The molecule has 5 nitrogen and oxygen atoms in total. The van der Waals surface area contributed by atoms with Gasteiger partial charge in [-0.25, -0.2) is 0 Å². The van der Waals surface area contributed by atoms with Gasteiger partial charge in [-0.05, 0) is 59.8 Å². The molecule has 1 unspecified atom stereocenters. The van der Waals surface area contributed by atoms with Crippen LogP contribution in [0, 0.1) is 0 Å². The van der Waals surface area contributed by atoms with Crippen molar-refractivity contribution in [2.75, 3.05) is 12.3 Å². The van der Waals surface area contributed by atoms with E-state index in [1.54, 1.807) is 18.2 Å². The fourth-order valence-electron chi connectivity index (χ4n) is 2.68. The summed E-state index contributed by atoms with van der Waals surface area (Å²) < 4.78 is 0.701. The van der Waals surface area contributed by atoms with Crippen LogP contribution in [-0.4, -0.2) is 34.5 Å². The quantitative estimate of drug-likeness (QED) is 0.814. The van der Waals surface area contributed by atoms with Crippen molar-refractivity contribution >= 4 is 33.5 Å². The molecule has 0 radical (unpaired) electrons. The number of nitrogens with two attached hydrogens (primary N) is 1. The first kappa shape index (κ1) is 15.8. The highest BCUT2D eigenvalue weighted by atomic mass is 79.9. The summed E-state index contributed by atoms with van der Waals surface area (Å²) in [4.78, 5) is 25.2. The van der Waals surface area contributed by atoms with Crippen LogP contribution in [0.4, 0.5) is 5.69 Å². The number of piperidine rings is 1. The van der Waals surface area contributed by atoms with E-state index in [-0.39, 0.29) is 18.4 Å². The zero-order valence-electron chi connectivity index (χ0n) is 11.7. The maximum atomic E-state index is 12.6. The maximum Gasteiger partial charge on any atom is 0.303 e. The summed E-state index contributed by atoms with van der Waals surface area (Å²) in [6.07, 6.45) is 3.48. The number of carbonyl (C=O) groups excluding carboxylic acids is 1. The van der Waals surface area contributed by atoms with E-state index in [2.05, 4.69) is 15.9 Å². The van der Waals surface area contributed by atoms with Gasteiger partial charge in [-0.15, -0.1) is 0 Å². The van der Waals surface area contributed by atoms with E-state index in [4.69, 9.17) is 10.8 Å². The number of nitrogens with zero attached hydrogens (tertiary/aromatic N) is 1. The van der Waals surface area contributed by atoms with Crippen LogP contribution in [-0.2, 0) is 4.79 Å². The maximum absolute atomic E-state index is 12.6. The Labute approximate surface area is 132 Å². The van der Waals surface area contributed by atoms with Gasteiger partial charge in [0.15, 0.2) is 0 Å². The third-order valence-electron chi connectivity index (χ3n) is 3.83. The van der Waals surface area contributed by atoms with E-state index >= 15 is 0 Å². The minimum Gasteiger partial charge on any atom is -0.481 e. The number of benzene rings is 1. The molecule has 1 aliphatic heterocycles. The number of nitrogen functional groups attached to an aromatic ring is 1. The molecule has 1 aliphatic rings. The average molecular weight is 355 g/mol. The van der Waals surface area contributed by atoms with Gasteiger partial charge in [0.05, 0.1) is 0 Å². The molecule has 114 valence electrons. The predicted octanol–water partition coefficient (Wildman–Crippen LogP) is 2.89. The van der Waals surface area contributed by atoms with E-state index in [1.807, 2.05) is 4.90 Å². The van der Waals surface area contributed by atoms with E-state index in [0.29, 0.717) is 28.7 Å². The second kappa shape index (κ2) is 6.93. The minimum atomic E-state index is -0.816. The molecule has 1 heterocycles. The Balaban J connectivity index is 2.13. The Morgan fingerprint density at radius 2 is 2.14 bits per heavy atom. The number of carbonyl (C=O) groups is 2. The summed E-state index contributed by atoms with van der Waals surface area (Å²) >= 11 is 3.33. The molecule has 1 saturated heterocycles. The van der Waals surface area contributed by atoms with Crippen molar-refractivity contribution in [3.05, 3.63) is 28.2 Å². The SMILES string of the molecule is Nc1ccc(C(=O)N2CCCCC2CCC(=O)O)cc1Br. The number of carboxylic acids is 1. The van der Waals surface area contributed by atoms with Gasteiger partial charge >= 0.3 is 5.97 Å². The second-order valence-electron chi connectivity index (χ2n) is 5.32. The molecule has 0 aromatic heterocycles. The molecule has 0 aliphatic carbocycles. The first-order valence-corrected chi connectivity index (χ1v) is 7.86. The number of anilines is 1. The second-order valence-corrected chi connectivity index (χ2v) is 6.17. The van der Waals surface area contributed by atoms with E-state index in [1.165, 1.54) is 0 Å². The lowest BCUT2D eigenvalue weighted by Gasteiger charge is -2.35. The molecule has 1 aromatic carbocycles. The number of rotatable bonds is 4. The molecule has 1 atom stereocenters. The Morgan fingerprint density at radius 1 is 1.38 bits per heavy atom. The van der Waals surface area contributed by atoms with E-state index in [9.17, 15) is 9.59 Å². The fraction of sp³-hybridized carbons (Fsp3) is 0.467. The third-order valence-corrected chi connectivity index (χ3v) is 4.51. The average Bonchev–Trinajstić information content (AvgIpc) is 2.47. The topological polar surface area (TPSA) is 83.6 Å². The molecular weight excluding hydrogens is 336 g/mol. The Kier molecular flexibility index (Phi) is 5.22. The third kappa shape index (κ3) is 3.97. The van der Waals surface area contributed by atoms with Gasteiger partial charge in [0.1, 0.15) is 0 Å². The van der Waals surface area contributed by atoms with Gasteiger partial charge in [0.25, 0.3) is 5.91 Å². The number of hydrogen-bond acceptors (Lipinski definition) is 3. The van der Waals surface area contributed by atoms with Crippen molar-refractivity contribution < 1.29 is 14.7 Å². The summed E-state index contributed by atoms with van der Waals surface area (Å²) in [7, 11) is 0. The van der Waals surface area contributed by atoms with Gasteiger partial charge < -0.3 is 15.7 Å². The Morgan fingerprint density at radius 3 is 2.81 bits per heavy atom. The van der Waals surface area contributed by atoms with Gasteiger partial charge in [0, 0.05) is 34.7 Å². The van der Waals surface area contributed by atoms with Gasteiger partial charge in [-0.2, -0.15) is 0 Å². The van der Waals surface area contributed by atoms with Crippen LogP contribution in [0.5, 0.6) is 0 Å². The predicted molar refractivity (Wildman–Crippen MR) is 84.1 cm³/mol. The fourth-order valence-corrected chi connectivity index (χ4v) is 3.06. The van der Waals surface area contributed by atoms with Crippen LogP contribution < -0.4 is 5.73 Å². The Hall–Kier alpha value is -1.56. The number of halogens is 1. The summed E-state index contributed by atoms with van der Waals surface area (Å²) in [5.41, 5.74) is 6.91. The zero-order chi connectivity index (χ0) is 15.4. The number of aliphatic carboxylic acids is 1. The monoisotopic (exact) mass is 354 g/mol. The Bertz CT molecular complexity index is 548. The summed E-state index contributed by atoms with van der Waals surface area (Å²) in [5, 5.41) is 8.83. The molecule has 2 rings (SSSR count). The number of carboxylic acid groups (broad SMARTS) is 1. The van der Waals surface area contributed by atoms with Crippen LogP contribution in [0.1, 0.15) is 42.5 Å². The van der Waals surface area contributed by atoms with Crippen LogP contribution in [0.15, 0.2) is 22.7 Å².